The Kier molecular flexibility index (Phi) is 3.01. The summed E-state index contributed by atoms with van der Waals surface area (Å²) in [7, 11) is 0. The summed E-state index contributed by atoms with van der Waals surface area (Å²) in [6, 6.07) is 0. The van der Waals surface area contributed by atoms with Gasteiger partial charge in [0.05, 0.1) is 5.01 Å². The highest BCUT2D eigenvalue weighted by Gasteiger charge is 2.44. The van der Waals surface area contributed by atoms with Crippen molar-refractivity contribution in [1.29, 1.82) is 0 Å². The largest absolute Gasteiger partial charge is 0.330 e. The van der Waals surface area contributed by atoms with Crippen molar-refractivity contribution in [2.45, 2.75) is 43.9 Å². The Hall–Kier alpha value is -0.550. The molecule has 0 atom stereocenters. The van der Waals surface area contributed by atoms with E-state index in [9.17, 15) is 8.78 Å². The van der Waals surface area contributed by atoms with Gasteiger partial charge in [0.15, 0.2) is 0 Å². The van der Waals surface area contributed by atoms with E-state index in [1.165, 1.54) is 0 Å². The predicted octanol–water partition coefficient (Wildman–Crippen LogP) is 2.86. The van der Waals surface area contributed by atoms with Crippen LogP contribution in [0, 0.1) is 6.92 Å². The van der Waals surface area contributed by atoms with Gasteiger partial charge in [0.25, 0.3) is 0 Å². The summed E-state index contributed by atoms with van der Waals surface area (Å²) in [5.74, 6) is -2.50. The number of aromatic nitrogens is 1. The van der Waals surface area contributed by atoms with Crippen molar-refractivity contribution in [3.05, 3.63) is 16.1 Å². The molecule has 0 bridgehead atoms. The van der Waals surface area contributed by atoms with E-state index >= 15 is 0 Å². The maximum Gasteiger partial charge on any atom is 0.248 e. The molecule has 0 radical (unpaired) electrons. The second kappa shape index (κ2) is 4.04. The van der Waals surface area contributed by atoms with E-state index in [2.05, 4.69) is 4.98 Å². The number of halogens is 2. The van der Waals surface area contributed by atoms with Crippen LogP contribution in [0.5, 0.6) is 0 Å². The van der Waals surface area contributed by atoms with Gasteiger partial charge in [-0.15, -0.1) is 11.3 Å². The zero-order valence-corrected chi connectivity index (χ0v) is 10.1. The van der Waals surface area contributed by atoms with Gasteiger partial charge in [-0.3, -0.25) is 0 Å². The lowest BCUT2D eigenvalue weighted by Crippen LogP contribution is -2.41. The molecule has 1 saturated carbocycles. The van der Waals surface area contributed by atoms with Crippen molar-refractivity contribution >= 4 is 11.3 Å². The molecular weight excluding hydrogens is 230 g/mol. The number of hydrogen-bond donors (Lipinski definition) is 1. The molecule has 1 fully saturated rings. The van der Waals surface area contributed by atoms with Gasteiger partial charge in [-0.05, 0) is 19.8 Å². The van der Waals surface area contributed by atoms with Gasteiger partial charge in [0.1, 0.15) is 0 Å². The van der Waals surface area contributed by atoms with Crippen LogP contribution in [0.1, 0.15) is 35.6 Å². The Morgan fingerprint density at radius 2 is 2.00 bits per heavy atom. The number of alkyl halides is 2. The summed E-state index contributed by atoms with van der Waals surface area (Å²) >= 11 is 1.58. The number of rotatable bonds is 2. The van der Waals surface area contributed by atoms with Crippen LogP contribution >= 0.6 is 11.3 Å². The van der Waals surface area contributed by atoms with Gasteiger partial charge in [-0.2, -0.15) is 0 Å². The molecule has 0 saturated heterocycles. The van der Waals surface area contributed by atoms with Gasteiger partial charge in [0, 0.05) is 35.9 Å². The summed E-state index contributed by atoms with van der Waals surface area (Å²) in [6.07, 6.45) is 2.63. The SMILES string of the molecule is Cc1ncc(C2(CN)CCC(F)(F)CC2)s1. The first-order valence-corrected chi connectivity index (χ1v) is 6.30. The molecule has 1 aliphatic carbocycles. The predicted molar refractivity (Wildman–Crippen MR) is 61.0 cm³/mol. The van der Waals surface area contributed by atoms with E-state index in [0.717, 1.165) is 9.88 Å². The van der Waals surface area contributed by atoms with E-state index in [4.69, 9.17) is 5.73 Å². The summed E-state index contributed by atoms with van der Waals surface area (Å²) in [6.45, 7) is 2.36. The third-order valence-corrected chi connectivity index (χ3v) is 4.63. The Morgan fingerprint density at radius 3 is 2.44 bits per heavy atom. The molecule has 90 valence electrons. The summed E-state index contributed by atoms with van der Waals surface area (Å²) in [5, 5.41) is 0.972. The van der Waals surface area contributed by atoms with Crippen molar-refractivity contribution in [2.75, 3.05) is 6.54 Å². The Balaban J connectivity index is 2.22. The Labute approximate surface area is 97.9 Å². The van der Waals surface area contributed by atoms with Crippen molar-refractivity contribution in [2.24, 2.45) is 5.73 Å². The molecular formula is C11H16F2N2S. The summed E-state index contributed by atoms with van der Waals surface area (Å²) in [5.41, 5.74) is 5.55. The molecule has 0 spiro atoms. The van der Waals surface area contributed by atoms with E-state index in [1.807, 2.05) is 6.92 Å². The van der Waals surface area contributed by atoms with Gasteiger partial charge >= 0.3 is 0 Å². The van der Waals surface area contributed by atoms with Crippen molar-refractivity contribution < 1.29 is 8.78 Å². The van der Waals surface area contributed by atoms with Gasteiger partial charge in [-0.1, -0.05) is 0 Å². The Morgan fingerprint density at radius 1 is 1.38 bits per heavy atom. The fraction of sp³-hybridized carbons (Fsp3) is 0.727. The van der Waals surface area contributed by atoms with Gasteiger partial charge in [-0.25, -0.2) is 13.8 Å². The lowest BCUT2D eigenvalue weighted by molar-refractivity contribution is -0.0505. The normalized spacial score (nSPS) is 23.2. The van der Waals surface area contributed by atoms with Crippen LogP contribution in [0.25, 0.3) is 0 Å². The second-order valence-electron chi connectivity index (χ2n) is 4.58. The molecule has 0 aliphatic heterocycles. The number of thiazole rings is 1. The van der Waals surface area contributed by atoms with Crippen LogP contribution in [-0.2, 0) is 5.41 Å². The van der Waals surface area contributed by atoms with E-state index in [1.54, 1.807) is 17.5 Å². The van der Waals surface area contributed by atoms with E-state index in [-0.39, 0.29) is 18.3 Å². The van der Waals surface area contributed by atoms with Crippen molar-refractivity contribution in [1.82, 2.24) is 4.98 Å². The molecule has 0 aromatic carbocycles. The molecule has 5 heteroatoms. The first-order chi connectivity index (χ1) is 7.47. The summed E-state index contributed by atoms with van der Waals surface area (Å²) in [4.78, 5) is 5.27. The quantitative estimate of drug-likeness (QED) is 0.871. The van der Waals surface area contributed by atoms with Crippen molar-refractivity contribution in [3.63, 3.8) is 0 Å². The topological polar surface area (TPSA) is 38.9 Å². The van der Waals surface area contributed by atoms with Crippen LogP contribution in [0.15, 0.2) is 6.20 Å². The maximum absolute atomic E-state index is 13.2. The van der Waals surface area contributed by atoms with Crippen LogP contribution in [0.2, 0.25) is 0 Å². The molecule has 0 amide bonds. The molecule has 1 aromatic heterocycles. The van der Waals surface area contributed by atoms with Crippen LogP contribution in [0.3, 0.4) is 0 Å². The smallest absolute Gasteiger partial charge is 0.248 e. The third-order valence-electron chi connectivity index (χ3n) is 3.47. The second-order valence-corrected chi connectivity index (χ2v) is 5.82. The molecule has 1 heterocycles. The maximum atomic E-state index is 13.2. The van der Waals surface area contributed by atoms with Crippen LogP contribution < -0.4 is 5.73 Å². The number of aryl methyl sites for hydroxylation is 1. The number of hydrogen-bond acceptors (Lipinski definition) is 3. The van der Waals surface area contributed by atoms with Gasteiger partial charge in [0.2, 0.25) is 5.92 Å². The van der Waals surface area contributed by atoms with E-state index in [0.29, 0.717) is 19.4 Å². The van der Waals surface area contributed by atoms with Crippen LogP contribution in [-0.4, -0.2) is 17.5 Å². The first kappa shape index (κ1) is 11.9. The molecule has 2 nitrogen and oxygen atoms in total. The zero-order valence-electron chi connectivity index (χ0n) is 9.30. The minimum absolute atomic E-state index is 0.0544. The Bertz CT molecular complexity index is 366. The highest BCUT2D eigenvalue weighted by atomic mass is 32.1. The highest BCUT2D eigenvalue weighted by Crippen LogP contribution is 2.46. The summed E-state index contributed by atoms with van der Waals surface area (Å²) < 4.78 is 26.3. The van der Waals surface area contributed by atoms with Gasteiger partial charge < -0.3 is 5.73 Å². The fourth-order valence-electron chi connectivity index (χ4n) is 2.25. The standard InChI is InChI=1S/C11H16F2N2S/c1-8-15-6-9(16-8)10(7-14)2-4-11(12,13)5-3-10/h6H,2-5,7,14H2,1H3. The molecule has 1 aliphatic rings. The minimum atomic E-state index is -2.50. The molecule has 0 unspecified atom stereocenters. The lowest BCUT2D eigenvalue weighted by Gasteiger charge is -2.38. The molecule has 2 rings (SSSR count). The fourth-order valence-corrected chi connectivity index (χ4v) is 3.29. The molecule has 2 N–H and O–H groups in total. The average Bonchev–Trinajstić information content (AvgIpc) is 2.66. The molecule has 16 heavy (non-hydrogen) atoms. The average molecular weight is 246 g/mol. The highest BCUT2D eigenvalue weighted by molar-refractivity contribution is 7.11. The first-order valence-electron chi connectivity index (χ1n) is 5.48. The number of nitrogens with two attached hydrogens (primary N) is 1. The lowest BCUT2D eigenvalue weighted by atomic mass is 9.72. The number of nitrogens with zero attached hydrogens (tertiary/aromatic N) is 1. The van der Waals surface area contributed by atoms with Crippen molar-refractivity contribution in [3.8, 4) is 0 Å². The van der Waals surface area contributed by atoms with E-state index < -0.39 is 5.92 Å². The monoisotopic (exact) mass is 246 g/mol. The minimum Gasteiger partial charge on any atom is -0.330 e. The zero-order chi connectivity index (χ0) is 11.8. The van der Waals surface area contributed by atoms with Crippen LogP contribution in [0.4, 0.5) is 8.78 Å². The molecule has 1 aromatic rings. The third kappa shape index (κ3) is 2.11.